The van der Waals surface area contributed by atoms with E-state index >= 15 is 0 Å². The lowest BCUT2D eigenvalue weighted by atomic mass is 10.1. The first kappa shape index (κ1) is 15.8. The second-order valence-corrected chi connectivity index (χ2v) is 5.36. The number of aromatic nitrogens is 7. The smallest absolute Gasteiger partial charge is 0.251 e. The molecule has 2 aromatic heterocycles. The standard InChI is InChI=1S/C15H18N8O/c1-4-12(14-16-9-17-22(14)2)18-15(24)11-7-5-10(6-8-11)13-19-21-23(3)20-13/h5-9,12H,4H2,1-3H3,(H,18,24)/t12-/m0/s1. The molecule has 3 aromatic rings. The minimum absolute atomic E-state index is 0.163. The predicted molar refractivity (Wildman–Crippen MR) is 85.7 cm³/mol. The number of nitrogens with one attached hydrogen (secondary N) is 1. The average molecular weight is 326 g/mol. The maximum Gasteiger partial charge on any atom is 0.251 e. The summed E-state index contributed by atoms with van der Waals surface area (Å²) in [6.45, 7) is 1.99. The molecule has 1 N–H and O–H groups in total. The quantitative estimate of drug-likeness (QED) is 0.747. The van der Waals surface area contributed by atoms with Gasteiger partial charge in [0.1, 0.15) is 12.2 Å². The maximum atomic E-state index is 12.5. The van der Waals surface area contributed by atoms with Crippen molar-refractivity contribution in [2.45, 2.75) is 19.4 Å². The van der Waals surface area contributed by atoms with Crippen LogP contribution in [0.5, 0.6) is 0 Å². The molecule has 9 nitrogen and oxygen atoms in total. The van der Waals surface area contributed by atoms with Crippen LogP contribution in [0.4, 0.5) is 0 Å². The molecule has 0 spiro atoms. The zero-order chi connectivity index (χ0) is 17.1. The molecular weight excluding hydrogens is 308 g/mol. The van der Waals surface area contributed by atoms with Gasteiger partial charge in [0.15, 0.2) is 0 Å². The van der Waals surface area contributed by atoms with Crippen LogP contribution in [0.1, 0.15) is 35.6 Å². The van der Waals surface area contributed by atoms with Crippen molar-refractivity contribution in [2.75, 3.05) is 0 Å². The number of hydrogen-bond donors (Lipinski definition) is 1. The fourth-order valence-corrected chi connectivity index (χ4v) is 2.38. The van der Waals surface area contributed by atoms with Crippen LogP contribution in [0, 0.1) is 0 Å². The molecule has 0 unspecified atom stereocenters. The summed E-state index contributed by atoms with van der Waals surface area (Å²) in [5, 5.41) is 18.9. The minimum atomic E-state index is -0.189. The summed E-state index contributed by atoms with van der Waals surface area (Å²) in [5.74, 6) is 1.09. The lowest BCUT2D eigenvalue weighted by Gasteiger charge is -2.16. The molecule has 0 radical (unpaired) electrons. The molecule has 0 fully saturated rings. The third-order valence-corrected chi connectivity index (χ3v) is 3.69. The Morgan fingerprint density at radius 3 is 2.54 bits per heavy atom. The number of amides is 1. The van der Waals surface area contributed by atoms with E-state index in [1.807, 2.05) is 6.92 Å². The maximum absolute atomic E-state index is 12.5. The van der Waals surface area contributed by atoms with Crippen LogP contribution in [-0.2, 0) is 14.1 Å². The summed E-state index contributed by atoms with van der Waals surface area (Å²) < 4.78 is 1.66. The number of nitrogens with zero attached hydrogens (tertiary/aromatic N) is 7. The van der Waals surface area contributed by atoms with E-state index in [0.717, 1.165) is 17.8 Å². The first-order valence-corrected chi connectivity index (χ1v) is 7.57. The first-order chi connectivity index (χ1) is 11.6. The van der Waals surface area contributed by atoms with E-state index in [2.05, 4.69) is 30.8 Å². The highest BCUT2D eigenvalue weighted by Crippen LogP contribution is 2.17. The van der Waals surface area contributed by atoms with Crippen molar-refractivity contribution < 1.29 is 4.79 Å². The number of benzene rings is 1. The topological polar surface area (TPSA) is 103 Å². The van der Waals surface area contributed by atoms with E-state index in [1.54, 1.807) is 43.0 Å². The fourth-order valence-electron chi connectivity index (χ4n) is 2.38. The van der Waals surface area contributed by atoms with Crippen LogP contribution in [-0.4, -0.2) is 40.9 Å². The minimum Gasteiger partial charge on any atom is -0.342 e. The summed E-state index contributed by atoms with van der Waals surface area (Å²) in [4.78, 5) is 18.0. The van der Waals surface area contributed by atoms with Crippen LogP contribution in [0.3, 0.4) is 0 Å². The highest BCUT2D eigenvalue weighted by Gasteiger charge is 2.18. The summed E-state index contributed by atoms with van der Waals surface area (Å²) >= 11 is 0. The molecule has 2 heterocycles. The third-order valence-electron chi connectivity index (χ3n) is 3.69. The van der Waals surface area contributed by atoms with Crippen molar-refractivity contribution in [3.05, 3.63) is 42.0 Å². The first-order valence-electron chi connectivity index (χ1n) is 7.57. The number of hydrogen-bond acceptors (Lipinski definition) is 6. The van der Waals surface area contributed by atoms with Crippen molar-refractivity contribution in [3.8, 4) is 11.4 Å². The monoisotopic (exact) mass is 326 g/mol. The van der Waals surface area contributed by atoms with E-state index in [9.17, 15) is 4.79 Å². The van der Waals surface area contributed by atoms with E-state index in [4.69, 9.17) is 0 Å². The van der Waals surface area contributed by atoms with E-state index in [-0.39, 0.29) is 11.9 Å². The molecule has 1 atom stereocenters. The van der Waals surface area contributed by atoms with Crippen molar-refractivity contribution in [1.29, 1.82) is 0 Å². The molecule has 0 saturated heterocycles. The van der Waals surface area contributed by atoms with E-state index < -0.39 is 0 Å². The van der Waals surface area contributed by atoms with Gasteiger partial charge in [0.2, 0.25) is 5.82 Å². The normalized spacial score (nSPS) is 12.1. The van der Waals surface area contributed by atoms with Crippen LogP contribution >= 0.6 is 0 Å². The molecule has 0 saturated carbocycles. The Kier molecular flexibility index (Phi) is 4.32. The van der Waals surface area contributed by atoms with Gasteiger partial charge in [-0.15, -0.1) is 10.2 Å². The largest absolute Gasteiger partial charge is 0.342 e. The summed E-state index contributed by atoms with van der Waals surface area (Å²) in [6, 6.07) is 6.89. The lowest BCUT2D eigenvalue weighted by Crippen LogP contribution is -2.30. The van der Waals surface area contributed by atoms with Gasteiger partial charge in [-0.1, -0.05) is 19.1 Å². The molecule has 9 heteroatoms. The Morgan fingerprint density at radius 2 is 2.00 bits per heavy atom. The molecule has 0 aliphatic rings. The molecule has 1 aromatic carbocycles. The van der Waals surface area contributed by atoms with Crippen LogP contribution in [0.2, 0.25) is 0 Å². The van der Waals surface area contributed by atoms with Gasteiger partial charge in [0.25, 0.3) is 5.91 Å². The highest BCUT2D eigenvalue weighted by molar-refractivity contribution is 5.94. The predicted octanol–water partition coefficient (Wildman–Crippen LogP) is 0.887. The van der Waals surface area contributed by atoms with Crippen LogP contribution in [0.25, 0.3) is 11.4 Å². The van der Waals surface area contributed by atoms with Gasteiger partial charge in [0.05, 0.1) is 13.1 Å². The van der Waals surface area contributed by atoms with Crippen LogP contribution < -0.4 is 5.32 Å². The Balaban J connectivity index is 1.74. The highest BCUT2D eigenvalue weighted by atomic mass is 16.1. The van der Waals surface area contributed by atoms with Gasteiger partial charge in [-0.05, 0) is 23.8 Å². The molecule has 0 aliphatic heterocycles. The summed E-state index contributed by atoms with van der Waals surface area (Å²) in [5.41, 5.74) is 1.36. The molecule has 24 heavy (non-hydrogen) atoms. The molecular formula is C15H18N8O. The molecule has 124 valence electrons. The fraction of sp³-hybridized carbons (Fsp3) is 0.333. The lowest BCUT2D eigenvalue weighted by molar-refractivity contribution is 0.0933. The van der Waals surface area contributed by atoms with E-state index in [0.29, 0.717) is 11.4 Å². The Bertz CT molecular complexity index is 835. The summed E-state index contributed by atoms with van der Waals surface area (Å²) in [6.07, 6.45) is 2.20. The number of rotatable bonds is 5. The second-order valence-electron chi connectivity index (χ2n) is 5.36. The van der Waals surface area contributed by atoms with Crippen LogP contribution in [0.15, 0.2) is 30.6 Å². The number of tetrazole rings is 1. The second kappa shape index (κ2) is 6.57. The number of aryl methyl sites for hydroxylation is 2. The molecule has 0 aliphatic carbocycles. The Labute approximate surface area is 138 Å². The SMILES string of the molecule is CC[C@H](NC(=O)c1ccc(-c2nnn(C)n2)cc1)c1ncnn1C. The van der Waals surface area contributed by atoms with Gasteiger partial charge >= 0.3 is 0 Å². The molecule has 3 rings (SSSR count). The summed E-state index contributed by atoms with van der Waals surface area (Å²) in [7, 11) is 3.51. The van der Waals surface area contributed by atoms with Gasteiger partial charge < -0.3 is 5.32 Å². The van der Waals surface area contributed by atoms with Crippen molar-refractivity contribution in [3.63, 3.8) is 0 Å². The van der Waals surface area contributed by atoms with E-state index in [1.165, 1.54) is 11.1 Å². The molecule has 0 bridgehead atoms. The average Bonchev–Trinajstić information content (AvgIpc) is 3.21. The zero-order valence-electron chi connectivity index (χ0n) is 13.7. The van der Waals surface area contributed by atoms with Crippen molar-refractivity contribution in [2.24, 2.45) is 14.1 Å². The number of carbonyl (C=O) groups is 1. The van der Waals surface area contributed by atoms with Gasteiger partial charge in [-0.25, -0.2) is 4.98 Å². The van der Waals surface area contributed by atoms with Gasteiger partial charge in [-0.3, -0.25) is 9.48 Å². The van der Waals surface area contributed by atoms with Crippen molar-refractivity contribution in [1.82, 2.24) is 40.3 Å². The third kappa shape index (κ3) is 3.14. The Hall–Kier alpha value is -3.10. The zero-order valence-corrected chi connectivity index (χ0v) is 13.7. The molecule has 1 amide bonds. The van der Waals surface area contributed by atoms with Gasteiger partial charge in [-0.2, -0.15) is 9.90 Å². The number of carbonyl (C=O) groups excluding carboxylic acids is 1. The Morgan fingerprint density at radius 1 is 1.25 bits per heavy atom. The van der Waals surface area contributed by atoms with Gasteiger partial charge in [0, 0.05) is 18.2 Å². The van der Waals surface area contributed by atoms with Crippen molar-refractivity contribution >= 4 is 5.91 Å².